The number of halogens is 2. The van der Waals surface area contributed by atoms with Crippen LogP contribution in [0.25, 0.3) is 50.8 Å². The summed E-state index contributed by atoms with van der Waals surface area (Å²) in [7, 11) is 6.56. The van der Waals surface area contributed by atoms with Crippen LogP contribution in [-0.4, -0.2) is 206 Å². The molecule has 128 heavy (non-hydrogen) atoms. The number of rotatable bonds is 33. The number of nitrogens with one attached hydrogen (secondary N) is 3. The first-order valence-electron chi connectivity index (χ1n) is 43.0. The highest BCUT2D eigenvalue weighted by molar-refractivity contribution is 6.01. The molecule has 3 N–H and O–H groups in total. The summed E-state index contributed by atoms with van der Waals surface area (Å²) in [6, 6.07) is 78.7. The lowest BCUT2D eigenvalue weighted by Crippen LogP contribution is -2.47. The second-order valence-corrected chi connectivity index (χ2v) is 30.7. The molecule has 664 valence electrons. The Morgan fingerprint density at radius 3 is 0.953 bits per heavy atom. The van der Waals surface area contributed by atoms with Gasteiger partial charge < -0.3 is 68.5 Å². The number of carbonyl (C=O) groups excluding carboxylic acids is 3. The Labute approximate surface area is 741 Å². The summed E-state index contributed by atoms with van der Waals surface area (Å²) in [6.45, 7) is 10.7. The average molecular weight is 1740 g/mol. The molecule has 0 spiro atoms. The van der Waals surface area contributed by atoms with E-state index in [-0.39, 0.29) is 54.4 Å². The zero-order valence-corrected chi connectivity index (χ0v) is 72.3. The lowest BCUT2D eigenvalue weighted by atomic mass is 10.1. The number of methoxy groups -OCH3 is 4. The first-order chi connectivity index (χ1) is 62.7. The van der Waals surface area contributed by atoms with Gasteiger partial charge in [-0.2, -0.15) is 0 Å². The number of para-hydroxylation sites is 1. The molecule has 3 fully saturated rings. The van der Waals surface area contributed by atoms with E-state index in [1.165, 1.54) is 15.2 Å². The second kappa shape index (κ2) is 44.9. The largest absolute Gasteiger partial charge is 0.497 e. The lowest BCUT2D eigenvalue weighted by molar-refractivity contribution is 0.0718. The fourth-order valence-electron chi connectivity index (χ4n) is 15.7. The third-order valence-electron chi connectivity index (χ3n) is 21.9. The van der Waals surface area contributed by atoms with E-state index in [9.17, 15) is 37.5 Å². The lowest BCUT2D eigenvalue weighted by Gasteiger charge is -2.28. The Bertz CT molecular complexity index is 6060. The molecule has 0 bridgehead atoms. The second-order valence-electron chi connectivity index (χ2n) is 30.7. The number of aromatic nitrogens is 6. The summed E-state index contributed by atoms with van der Waals surface area (Å²) in [6.07, 6.45) is 2.18. The molecule has 3 aliphatic heterocycles. The van der Waals surface area contributed by atoms with Crippen LogP contribution >= 0.6 is 0 Å². The highest BCUT2D eigenvalue weighted by atomic mass is 19.2. The van der Waals surface area contributed by atoms with Crippen LogP contribution < -0.4 is 56.7 Å². The number of benzene rings is 10. The van der Waals surface area contributed by atoms with Crippen LogP contribution in [-0.2, 0) is 33.8 Å². The van der Waals surface area contributed by atoms with Crippen molar-refractivity contribution in [3.63, 3.8) is 0 Å². The molecule has 0 saturated carbocycles. The Kier molecular flexibility index (Phi) is 31.8. The van der Waals surface area contributed by atoms with E-state index in [1.54, 1.807) is 75.9 Å². The summed E-state index contributed by atoms with van der Waals surface area (Å²) >= 11 is 0. The van der Waals surface area contributed by atoms with Crippen molar-refractivity contribution in [3.05, 3.63) is 338 Å². The third-order valence-corrected chi connectivity index (χ3v) is 21.9. The molecule has 0 radical (unpaired) electrons. The third kappa shape index (κ3) is 22.4. The summed E-state index contributed by atoms with van der Waals surface area (Å²) in [4.78, 5) is 91.5. The van der Waals surface area contributed by atoms with Crippen LogP contribution in [0.3, 0.4) is 0 Å². The van der Waals surface area contributed by atoms with Gasteiger partial charge in [0.25, 0.3) is 17.7 Å². The number of amides is 3. The number of carbonyl (C=O) groups is 3. The molecule has 10 aromatic carbocycles. The van der Waals surface area contributed by atoms with Crippen molar-refractivity contribution >= 4 is 17.7 Å². The van der Waals surface area contributed by atoms with E-state index in [0.29, 0.717) is 216 Å². The van der Waals surface area contributed by atoms with Crippen LogP contribution in [0.5, 0.6) is 34.5 Å². The molecule has 13 aromatic rings. The Hall–Kier alpha value is -13.7. The Morgan fingerprint density at radius 1 is 0.312 bits per heavy atom. The van der Waals surface area contributed by atoms with Gasteiger partial charge in [-0.15, -0.1) is 0 Å². The first kappa shape index (κ1) is 90.5. The molecule has 6 heterocycles. The van der Waals surface area contributed by atoms with Crippen molar-refractivity contribution in [2.45, 2.75) is 38.9 Å². The smallest absolute Gasteiger partial charge is 0.334 e. The molecule has 0 atom stereocenters. The van der Waals surface area contributed by atoms with Gasteiger partial charge in [-0.3, -0.25) is 41.8 Å². The molecule has 0 unspecified atom stereocenters. The number of hydrogen-bond donors (Lipinski definition) is 3. The molecule has 3 aromatic heterocycles. The molecule has 16 rings (SSSR count). The first-order valence-corrected chi connectivity index (χ1v) is 43.0. The van der Waals surface area contributed by atoms with E-state index >= 15 is 0 Å². The van der Waals surface area contributed by atoms with E-state index in [4.69, 9.17) is 37.9 Å². The van der Waals surface area contributed by atoms with E-state index in [1.807, 2.05) is 228 Å². The highest BCUT2D eigenvalue weighted by Crippen LogP contribution is 2.35. The zero-order chi connectivity index (χ0) is 89.1. The van der Waals surface area contributed by atoms with Crippen LogP contribution in [0.15, 0.2) is 275 Å². The number of imidazole rings is 3. The molecule has 3 amide bonds. The topological polar surface area (TPSA) is 252 Å². The van der Waals surface area contributed by atoms with Crippen molar-refractivity contribution in [1.29, 1.82) is 0 Å². The van der Waals surface area contributed by atoms with E-state index < -0.39 is 17.3 Å². The molecule has 28 heteroatoms. The average Bonchev–Trinajstić information content (AvgIpc) is 1.60. The fourth-order valence-corrected chi connectivity index (χ4v) is 15.7. The minimum absolute atomic E-state index is 0.122. The monoisotopic (exact) mass is 1740 g/mol. The van der Waals surface area contributed by atoms with Gasteiger partial charge in [0, 0.05) is 174 Å². The minimum Gasteiger partial charge on any atom is -0.497 e. The van der Waals surface area contributed by atoms with Crippen molar-refractivity contribution < 1.29 is 61.1 Å². The van der Waals surface area contributed by atoms with Crippen molar-refractivity contribution in [2.75, 3.05) is 147 Å². The van der Waals surface area contributed by atoms with Gasteiger partial charge in [-0.1, -0.05) is 158 Å². The predicted octanol–water partition coefficient (Wildman–Crippen LogP) is 13.5. The highest BCUT2D eigenvalue weighted by Gasteiger charge is 2.36. The standard InChI is InChI=1S/C37H38N4O5.C32H36N4O5.C31H32F2N4O4/c1-44-23-10-24-45-32-17-9-14-30(26-32)41-34(29-12-4-2-5-13-29)35(36(42)39-21-19-38-20-22-39)40(37(41)43)27-28-11-8-18-33(25-28)46-31-15-6-3-7-16-31;1-39-19-8-20-41-28-14-7-12-26(22-28)36-29(25-10-4-3-5-11-25)30(31(37)34-17-15-33-16-18-34)35(32(36)38)23-24-9-6-13-27(21-24)40-2;1-40-17-6-18-41-25-10-5-9-24(20-25)37-28(23-7-3-2-4-8-23)29(30(38)35-15-13-34-14-16-35)36(31(37)39)21-22-11-12-26(32)27(33)19-22/h2-9,11-18,25-26,38H,10,19-24,27H2,1H3;3-7,9-14,21-22,33H,8,15-20,23H2,1-2H3;2-5,7-12,19-20,34H,6,13-18,21H2,1H3. The van der Waals surface area contributed by atoms with Crippen LogP contribution in [0.4, 0.5) is 8.78 Å². The number of ether oxygens (including phenoxy) is 8. The van der Waals surface area contributed by atoms with Crippen LogP contribution in [0, 0.1) is 11.6 Å². The summed E-state index contributed by atoms with van der Waals surface area (Å²) < 4.78 is 81.9. The van der Waals surface area contributed by atoms with Gasteiger partial charge in [0.2, 0.25) is 0 Å². The number of hydrogen-bond acceptors (Lipinski definition) is 17. The Morgan fingerprint density at radius 2 is 0.617 bits per heavy atom. The Balaban J connectivity index is 0.000000156. The summed E-state index contributed by atoms with van der Waals surface area (Å²) in [5.41, 5.74) is 7.29. The van der Waals surface area contributed by atoms with Gasteiger partial charge >= 0.3 is 17.1 Å². The maximum absolute atomic E-state index is 14.6. The normalized spacial score (nSPS) is 13.2. The van der Waals surface area contributed by atoms with Crippen LogP contribution in [0.1, 0.15) is 67.4 Å². The fraction of sp³-hybridized carbons (Fsp3) is 0.280. The zero-order valence-electron chi connectivity index (χ0n) is 72.3. The van der Waals surface area contributed by atoms with Crippen molar-refractivity contribution in [2.24, 2.45) is 0 Å². The molecule has 3 aliphatic rings. The maximum Gasteiger partial charge on any atom is 0.334 e. The maximum atomic E-state index is 14.6. The predicted molar refractivity (Wildman–Crippen MR) is 488 cm³/mol. The molecule has 26 nitrogen and oxygen atoms in total. The quantitative estimate of drug-likeness (QED) is 0.0323. The molecule has 3 saturated heterocycles. The van der Waals surface area contributed by atoms with Gasteiger partial charge in [0.05, 0.1) is 80.7 Å². The van der Waals surface area contributed by atoms with E-state index in [0.717, 1.165) is 47.2 Å². The van der Waals surface area contributed by atoms with Gasteiger partial charge in [0.1, 0.15) is 51.6 Å². The molecular formula is C100H106F2N12O14. The van der Waals surface area contributed by atoms with Crippen LogP contribution in [0.2, 0.25) is 0 Å². The number of nitrogens with zero attached hydrogens (tertiary/aromatic N) is 9. The van der Waals surface area contributed by atoms with Crippen molar-refractivity contribution in [3.8, 4) is 85.3 Å². The van der Waals surface area contributed by atoms with E-state index in [2.05, 4.69) is 16.0 Å². The van der Waals surface area contributed by atoms with Gasteiger partial charge in [-0.25, -0.2) is 23.2 Å². The van der Waals surface area contributed by atoms with Crippen molar-refractivity contribution in [1.82, 2.24) is 58.1 Å². The van der Waals surface area contributed by atoms with Gasteiger partial charge in [-0.05, 0) is 102 Å². The molecular weight excluding hydrogens is 1630 g/mol. The number of piperazine rings is 3. The SMILES string of the molecule is COCCCOc1cccc(-n2c(-c3ccccc3)c(C(=O)N3CCNCC3)n(Cc3ccc(F)c(F)c3)c2=O)c1.COCCCOc1cccc(-n2c(-c3ccccc3)c(C(=O)N3CCNCC3)n(Cc3cccc(OC)c3)c2=O)c1.COCCCOc1cccc(-n2c(-c3ccccc3)c(C(=O)N3CCNCC3)n(Cc3cccc(Oc4ccccc4)c3)c2=O)c1. The van der Waals surface area contributed by atoms with Gasteiger partial charge in [0.15, 0.2) is 11.6 Å². The molecule has 0 aliphatic carbocycles. The minimum atomic E-state index is -1.02. The summed E-state index contributed by atoms with van der Waals surface area (Å²) in [5, 5.41) is 9.86. The summed E-state index contributed by atoms with van der Waals surface area (Å²) in [5.74, 6) is 1.22.